The molecule has 0 aliphatic rings. The van der Waals surface area contributed by atoms with E-state index in [1.807, 2.05) is 31.2 Å². The minimum atomic E-state index is -0.651. The van der Waals surface area contributed by atoms with Gasteiger partial charge in [-0.15, -0.1) is 0 Å². The molecule has 0 unspecified atom stereocenters. The van der Waals surface area contributed by atoms with Crippen LogP contribution in [-0.4, -0.2) is 11.7 Å². The Labute approximate surface area is 99.5 Å². The van der Waals surface area contributed by atoms with Gasteiger partial charge < -0.3 is 5.73 Å². The molecule has 1 rings (SSSR count). The monoisotopic (exact) mass is 239 g/mol. The van der Waals surface area contributed by atoms with Gasteiger partial charge in [0.15, 0.2) is 0 Å². The number of benzene rings is 1. The number of hydrazone groups is 1. The lowest BCUT2D eigenvalue weighted by Gasteiger charge is -2.02. The summed E-state index contributed by atoms with van der Waals surface area (Å²) in [5, 5.41) is 4.54. The molecule has 1 aromatic rings. The first-order chi connectivity index (χ1) is 7.58. The Kier molecular flexibility index (Phi) is 4.79. The number of primary amides is 1. The molecule has 0 saturated heterocycles. The van der Waals surface area contributed by atoms with Crippen LogP contribution in [0.25, 0.3) is 0 Å². The van der Waals surface area contributed by atoms with Gasteiger partial charge in [-0.05, 0) is 37.5 Å². The van der Waals surface area contributed by atoms with Crippen molar-refractivity contribution in [2.75, 3.05) is 0 Å². The molecule has 0 aliphatic carbocycles. The number of hydrogen-bond acceptors (Lipinski definition) is 2. The molecule has 3 N–H and O–H groups in total. The van der Waals surface area contributed by atoms with Crippen molar-refractivity contribution in [3.8, 4) is 0 Å². The largest absolute Gasteiger partial charge is 0.350 e. The van der Waals surface area contributed by atoms with Gasteiger partial charge in [-0.3, -0.25) is 0 Å². The zero-order chi connectivity index (χ0) is 12.0. The number of urea groups is 1. The summed E-state index contributed by atoms with van der Waals surface area (Å²) in [6.45, 7) is 1.83. The number of halogens is 1. The van der Waals surface area contributed by atoms with Crippen LogP contribution in [0, 0.1) is 0 Å². The Hall–Kier alpha value is -1.55. The van der Waals surface area contributed by atoms with Crippen molar-refractivity contribution in [3.05, 3.63) is 34.9 Å². The summed E-state index contributed by atoms with van der Waals surface area (Å²) in [5.41, 5.74) is 9.05. The summed E-state index contributed by atoms with van der Waals surface area (Å²) in [4.78, 5) is 10.4. The molecule has 0 fully saturated rings. The molecular formula is C11H14ClN3O. The van der Waals surface area contributed by atoms with E-state index >= 15 is 0 Å². The molecule has 16 heavy (non-hydrogen) atoms. The third-order valence-corrected chi connectivity index (χ3v) is 2.26. The predicted octanol–water partition coefficient (Wildman–Crippen LogP) is 2.32. The predicted molar refractivity (Wildman–Crippen MR) is 65.6 cm³/mol. The van der Waals surface area contributed by atoms with Crippen molar-refractivity contribution < 1.29 is 4.79 Å². The number of aryl methyl sites for hydroxylation is 1. The minimum absolute atomic E-state index is 0.651. The van der Waals surface area contributed by atoms with Crippen molar-refractivity contribution in [2.24, 2.45) is 10.8 Å². The molecule has 0 aromatic heterocycles. The highest BCUT2D eigenvalue weighted by Crippen LogP contribution is 2.12. The van der Waals surface area contributed by atoms with Gasteiger partial charge >= 0.3 is 6.03 Å². The van der Waals surface area contributed by atoms with Crippen LogP contribution in [-0.2, 0) is 6.42 Å². The second-order valence-corrected chi connectivity index (χ2v) is 3.89. The lowest BCUT2D eigenvalue weighted by molar-refractivity contribution is 0.249. The fourth-order valence-corrected chi connectivity index (χ4v) is 1.44. The number of nitrogens with one attached hydrogen (secondary N) is 1. The van der Waals surface area contributed by atoms with Crippen LogP contribution in [0.1, 0.15) is 18.9 Å². The van der Waals surface area contributed by atoms with Gasteiger partial charge in [0.25, 0.3) is 0 Å². The Morgan fingerprint density at radius 1 is 1.56 bits per heavy atom. The van der Waals surface area contributed by atoms with Crippen molar-refractivity contribution in [1.29, 1.82) is 0 Å². The second kappa shape index (κ2) is 6.12. The van der Waals surface area contributed by atoms with Gasteiger partial charge in [0.05, 0.1) is 0 Å². The second-order valence-electron chi connectivity index (χ2n) is 3.45. The molecule has 0 bridgehead atoms. The molecule has 0 spiro atoms. The van der Waals surface area contributed by atoms with Crippen LogP contribution < -0.4 is 11.2 Å². The number of carbonyl (C=O) groups excluding carboxylic acids is 1. The van der Waals surface area contributed by atoms with E-state index in [1.54, 1.807) is 0 Å². The highest BCUT2D eigenvalue weighted by Gasteiger charge is 1.97. The third-order valence-electron chi connectivity index (χ3n) is 2.02. The van der Waals surface area contributed by atoms with E-state index in [2.05, 4.69) is 10.5 Å². The van der Waals surface area contributed by atoms with Crippen molar-refractivity contribution in [2.45, 2.75) is 19.8 Å². The zero-order valence-electron chi connectivity index (χ0n) is 9.03. The van der Waals surface area contributed by atoms with E-state index in [9.17, 15) is 4.79 Å². The fraction of sp³-hybridized carbons (Fsp3) is 0.273. The van der Waals surface area contributed by atoms with Gasteiger partial charge in [-0.2, -0.15) is 5.10 Å². The van der Waals surface area contributed by atoms with Gasteiger partial charge in [0.1, 0.15) is 0 Å². The van der Waals surface area contributed by atoms with E-state index in [4.69, 9.17) is 17.3 Å². The minimum Gasteiger partial charge on any atom is -0.350 e. The summed E-state index contributed by atoms with van der Waals surface area (Å²) in [7, 11) is 0. The smallest absolute Gasteiger partial charge is 0.332 e. The van der Waals surface area contributed by atoms with E-state index in [-0.39, 0.29) is 0 Å². The van der Waals surface area contributed by atoms with Gasteiger partial charge in [0.2, 0.25) is 0 Å². The van der Waals surface area contributed by atoms with Crippen molar-refractivity contribution in [3.63, 3.8) is 0 Å². The standard InChI is InChI=1S/C11H14ClN3O/c1-8(14-15-11(13)16)5-6-9-3-2-4-10(12)7-9/h2-4,7H,5-6H2,1H3,(H3,13,15,16). The van der Waals surface area contributed by atoms with Crippen molar-refractivity contribution >= 4 is 23.3 Å². The number of carbonyl (C=O) groups is 1. The Morgan fingerprint density at radius 3 is 2.94 bits per heavy atom. The number of amides is 2. The first-order valence-electron chi connectivity index (χ1n) is 4.91. The number of rotatable bonds is 4. The number of hydrogen-bond donors (Lipinski definition) is 2. The molecule has 0 saturated carbocycles. The summed E-state index contributed by atoms with van der Waals surface area (Å²) < 4.78 is 0. The van der Waals surface area contributed by atoms with E-state index in [1.165, 1.54) is 0 Å². The van der Waals surface area contributed by atoms with E-state index in [0.717, 1.165) is 29.1 Å². The van der Waals surface area contributed by atoms with Crippen LogP contribution in [0.15, 0.2) is 29.4 Å². The number of nitrogens with two attached hydrogens (primary N) is 1. The quantitative estimate of drug-likeness (QED) is 0.615. The fourth-order valence-electron chi connectivity index (χ4n) is 1.22. The van der Waals surface area contributed by atoms with Crippen LogP contribution >= 0.6 is 11.6 Å². The molecule has 5 heteroatoms. The van der Waals surface area contributed by atoms with Crippen LogP contribution in [0.5, 0.6) is 0 Å². The molecule has 0 aliphatic heterocycles. The highest BCUT2D eigenvalue weighted by atomic mass is 35.5. The molecule has 2 amide bonds. The van der Waals surface area contributed by atoms with E-state index < -0.39 is 6.03 Å². The van der Waals surface area contributed by atoms with Crippen LogP contribution in [0.2, 0.25) is 5.02 Å². The zero-order valence-corrected chi connectivity index (χ0v) is 9.79. The summed E-state index contributed by atoms with van der Waals surface area (Å²) in [6.07, 6.45) is 1.58. The van der Waals surface area contributed by atoms with Gasteiger partial charge in [-0.1, -0.05) is 23.7 Å². The molecule has 86 valence electrons. The Bertz CT molecular complexity index is 404. The summed E-state index contributed by atoms with van der Waals surface area (Å²) in [6, 6.07) is 7.01. The maximum absolute atomic E-state index is 10.4. The van der Waals surface area contributed by atoms with Gasteiger partial charge in [0, 0.05) is 10.7 Å². The maximum atomic E-state index is 10.4. The summed E-state index contributed by atoms with van der Waals surface area (Å²) >= 11 is 5.86. The SMILES string of the molecule is CC(CCc1cccc(Cl)c1)=NNC(N)=O. The maximum Gasteiger partial charge on any atom is 0.332 e. The molecular weight excluding hydrogens is 226 g/mol. The summed E-state index contributed by atoms with van der Waals surface area (Å²) in [5.74, 6) is 0. The molecule has 0 heterocycles. The molecule has 0 atom stereocenters. The van der Waals surface area contributed by atoms with Crippen LogP contribution in [0.4, 0.5) is 4.79 Å². The number of nitrogens with zero attached hydrogens (tertiary/aromatic N) is 1. The highest BCUT2D eigenvalue weighted by molar-refractivity contribution is 6.30. The molecule has 1 aromatic carbocycles. The first kappa shape index (κ1) is 12.5. The molecule has 0 radical (unpaired) electrons. The average Bonchev–Trinajstić information content (AvgIpc) is 2.23. The van der Waals surface area contributed by atoms with E-state index in [0.29, 0.717) is 0 Å². The molecule has 4 nitrogen and oxygen atoms in total. The first-order valence-corrected chi connectivity index (χ1v) is 5.29. The topological polar surface area (TPSA) is 67.5 Å². The third kappa shape index (κ3) is 4.79. The average molecular weight is 240 g/mol. The lowest BCUT2D eigenvalue weighted by atomic mass is 10.1. The lowest BCUT2D eigenvalue weighted by Crippen LogP contribution is -2.25. The van der Waals surface area contributed by atoms with Crippen molar-refractivity contribution in [1.82, 2.24) is 5.43 Å². The Morgan fingerprint density at radius 2 is 2.31 bits per heavy atom. The van der Waals surface area contributed by atoms with Crippen LogP contribution in [0.3, 0.4) is 0 Å². The normalized spacial score (nSPS) is 11.2. The van der Waals surface area contributed by atoms with Gasteiger partial charge in [-0.25, -0.2) is 10.2 Å². The Balaban J connectivity index is 2.45.